The second kappa shape index (κ2) is 14.3. The molecule has 10 heteroatoms. The Kier molecular flexibility index (Phi) is 11.2. The smallest absolute Gasteiger partial charge is 0.407 e. The Morgan fingerprint density at radius 1 is 1.00 bits per heavy atom. The number of ether oxygens (including phenoxy) is 1. The van der Waals surface area contributed by atoms with E-state index in [-0.39, 0.29) is 24.4 Å². The van der Waals surface area contributed by atoms with E-state index in [0.29, 0.717) is 38.2 Å². The molecular weight excluding hydrogens is 488 g/mol. The van der Waals surface area contributed by atoms with E-state index in [9.17, 15) is 24.0 Å². The maximum atomic E-state index is 14.0. The van der Waals surface area contributed by atoms with Crippen LogP contribution in [0.1, 0.15) is 84.5 Å². The second-order valence-corrected chi connectivity index (χ2v) is 11.0. The van der Waals surface area contributed by atoms with Gasteiger partial charge in [-0.25, -0.2) is 4.79 Å². The first-order valence-corrected chi connectivity index (χ1v) is 14.3. The largest absolute Gasteiger partial charge is 0.449 e. The first-order valence-electron chi connectivity index (χ1n) is 14.3. The predicted molar refractivity (Wildman–Crippen MR) is 142 cm³/mol. The van der Waals surface area contributed by atoms with Crippen LogP contribution in [0.25, 0.3) is 0 Å². The van der Waals surface area contributed by atoms with Crippen LogP contribution >= 0.6 is 0 Å². The van der Waals surface area contributed by atoms with Crippen LogP contribution in [0.15, 0.2) is 12.7 Å². The number of likely N-dealkylation sites (tertiary alicyclic amines) is 1. The highest BCUT2D eigenvalue weighted by Crippen LogP contribution is 2.32. The summed E-state index contributed by atoms with van der Waals surface area (Å²) in [6, 6.07) is -2.73. The van der Waals surface area contributed by atoms with Gasteiger partial charge in [-0.2, -0.15) is 0 Å². The van der Waals surface area contributed by atoms with Gasteiger partial charge >= 0.3 is 6.09 Å². The van der Waals surface area contributed by atoms with Gasteiger partial charge in [0.1, 0.15) is 12.1 Å². The van der Waals surface area contributed by atoms with E-state index in [4.69, 9.17) is 4.74 Å². The third-order valence-electron chi connectivity index (χ3n) is 7.87. The van der Waals surface area contributed by atoms with Crippen LogP contribution < -0.4 is 16.0 Å². The summed E-state index contributed by atoms with van der Waals surface area (Å²) in [6.45, 7) is 7.79. The lowest BCUT2D eigenvalue weighted by Crippen LogP contribution is -2.59. The third-order valence-corrected chi connectivity index (χ3v) is 7.87. The Balaban J connectivity index is 1.72. The minimum absolute atomic E-state index is 0.0239. The molecule has 0 aromatic heterocycles. The van der Waals surface area contributed by atoms with Gasteiger partial charge in [-0.05, 0) is 63.7 Å². The van der Waals surface area contributed by atoms with E-state index in [2.05, 4.69) is 22.5 Å². The molecule has 1 saturated heterocycles. The SMILES string of the molecule is C=CCNC(=O)C(=O)C(CCC)NC(=O)C1CCC(C)N1C(=O)C(NC(=O)OCC1CC1)C1CCCCC1. The summed E-state index contributed by atoms with van der Waals surface area (Å²) >= 11 is 0. The molecule has 212 valence electrons. The molecule has 4 amide bonds. The first kappa shape index (κ1) is 29.6. The van der Waals surface area contributed by atoms with Gasteiger partial charge in [0, 0.05) is 12.6 Å². The van der Waals surface area contributed by atoms with Gasteiger partial charge in [0.05, 0.1) is 12.6 Å². The summed E-state index contributed by atoms with van der Waals surface area (Å²) in [5.41, 5.74) is 0. The summed E-state index contributed by atoms with van der Waals surface area (Å²) < 4.78 is 5.38. The number of carbonyl (C=O) groups is 5. The molecule has 0 aromatic rings. The second-order valence-electron chi connectivity index (χ2n) is 11.0. The van der Waals surface area contributed by atoms with E-state index < -0.39 is 41.8 Å². The van der Waals surface area contributed by atoms with Crippen molar-refractivity contribution in [1.29, 1.82) is 0 Å². The number of hydrogen-bond donors (Lipinski definition) is 3. The topological polar surface area (TPSA) is 134 Å². The summed E-state index contributed by atoms with van der Waals surface area (Å²) in [5, 5.41) is 8.05. The lowest BCUT2D eigenvalue weighted by molar-refractivity contribution is -0.144. The quantitative estimate of drug-likeness (QED) is 0.247. The Bertz CT molecular complexity index is 883. The summed E-state index contributed by atoms with van der Waals surface area (Å²) in [7, 11) is 0. The van der Waals surface area contributed by atoms with Crippen LogP contribution in [-0.2, 0) is 23.9 Å². The van der Waals surface area contributed by atoms with E-state index >= 15 is 0 Å². The van der Waals surface area contributed by atoms with Crippen molar-refractivity contribution in [3.63, 3.8) is 0 Å². The highest BCUT2D eigenvalue weighted by Gasteiger charge is 2.44. The maximum Gasteiger partial charge on any atom is 0.407 e. The number of hydrogen-bond acceptors (Lipinski definition) is 6. The Labute approximate surface area is 225 Å². The van der Waals surface area contributed by atoms with Gasteiger partial charge < -0.3 is 25.6 Å². The van der Waals surface area contributed by atoms with Crippen LogP contribution in [0.4, 0.5) is 4.79 Å². The number of nitrogens with one attached hydrogen (secondary N) is 3. The average Bonchev–Trinajstić information content (AvgIpc) is 3.67. The van der Waals surface area contributed by atoms with Crippen molar-refractivity contribution >= 4 is 29.6 Å². The van der Waals surface area contributed by atoms with Crippen molar-refractivity contribution in [1.82, 2.24) is 20.9 Å². The standard InChI is InChI=1S/C28H44N4O6/c1-4-9-21(24(33)26(35)29-16-5-2)30-25(34)22-15-12-18(3)32(22)27(36)23(20-10-7-6-8-11-20)31-28(37)38-17-19-13-14-19/h5,18-23H,2,4,6-17H2,1,3H3,(H,29,35)(H,30,34)(H,31,37). The summed E-state index contributed by atoms with van der Waals surface area (Å²) in [6.07, 6.45) is 9.68. The Hall–Kier alpha value is -2.91. The number of nitrogens with zero attached hydrogens (tertiary/aromatic N) is 1. The molecule has 38 heavy (non-hydrogen) atoms. The molecule has 0 bridgehead atoms. The Morgan fingerprint density at radius 3 is 2.34 bits per heavy atom. The van der Waals surface area contributed by atoms with Crippen molar-refractivity contribution < 1.29 is 28.7 Å². The molecule has 3 N–H and O–H groups in total. The predicted octanol–water partition coefficient (Wildman–Crippen LogP) is 2.61. The summed E-state index contributed by atoms with van der Waals surface area (Å²) in [5.74, 6) is -1.84. The van der Waals surface area contributed by atoms with Crippen molar-refractivity contribution in [3.8, 4) is 0 Å². The third kappa shape index (κ3) is 8.04. The van der Waals surface area contributed by atoms with Crippen molar-refractivity contribution in [2.75, 3.05) is 13.2 Å². The maximum absolute atomic E-state index is 14.0. The fourth-order valence-electron chi connectivity index (χ4n) is 5.50. The minimum atomic E-state index is -0.977. The zero-order valence-electron chi connectivity index (χ0n) is 22.8. The molecule has 3 fully saturated rings. The van der Waals surface area contributed by atoms with Gasteiger partial charge in [-0.15, -0.1) is 6.58 Å². The molecule has 3 aliphatic rings. The molecule has 2 aliphatic carbocycles. The molecule has 1 aliphatic heterocycles. The van der Waals surface area contributed by atoms with E-state index in [1.54, 1.807) is 4.90 Å². The van der Waals surface area contributed by atoms with Crippen molar-refractivity contribution in [2.24, 2.45) is 11.8 Å². The first-order chi connectivity index (χ1) is 18.3. The van der Waals surface area contributed by atoms with Gasteiger partial charge in [-0.3, -0.25) is 19.2 Å². The van der Waals surface area contributed by atoms with Crippen LogP contribution in [0.3, 0.4) is 0 Å². The monoisotopic (exact) mass is 532 g/mol. The lowest BCUT2D eigenvalue weighted by atomic mass is 9.83. The van der Waals surface area contributed by atoms with Gasteiger partial charge in [-0.1, -0.05) is 38.7 Å². The van der Waals surface area contributed by atoms with Crippen LogP contribution in [-0.4, -0.2) is 71.8 Å². The van der Waals surface area contributed by atoms with Gasteiger partial charge in [0.15, 0.2) is 0 Å². The molecule has 1 heterocycles. The van der Waals surface area contributed by atoms with E-state index in [0.717, 1.165) is 44.9 Å². The van der Waals surface area contributed by atoms with Crippen molar-refractivity contribution in [2.45, 2.75) is 109 Å². The number of amides is 4. The van der Waals surface area contributed by atoms with Gasteiger partial charge in [0.2, 0.25) is 17.6 Å². The Morgan fingerprint density at radius 2 is 1.71 bits per heavy atom. The number of carbonyl (C=O) groups excluding carboxylic acids is 5. The average molecular weight is 533 g/mol. The highest BCUT2D eigenvalue weighted by atomic mass is 16.5. The van der Waals surface area contributed by atoms with E-state index in [1.165, 1.54) is 6.08 Å². The molecule has 4 unspecified atom stereocenters. The fourth-order valence-corrected chi connectivity index (χ4v) is 5.50. The molecule has 0 radical (unpaired) electrons. The summed E-state index contributed by atoms with van der Waals surface area (Å²) in [4.78, 5) is 66.5. The zero-order valence-corrected chi connectivity index (χ0v) is 22.8. The molecule has 2 saturated carbocycles. The number of ketones is 1. The minimum Gasteiger partial charge on any atom is -0.449 e. The van der Waals surface area contributed by atoms with Crippen LogP contribution in [0.2, 0.25) is 0 Å². The van der Waals surface area contributed by atoms with Gasteiger partial charge in [0.25, 0.3) is 5.91 Å². The van der Waals surface area contributed by atoms with Crippen LogP contribution in [0.5, 0.6) is 0 Å². The number of rotatable bonds is 13. The fraction of sp³-hybridized carbons (Fsp3) is 0.750. The molecule has 0 spiro atoms. The van der Waals surface area contributed by atoms with Crippen molar-refractivity contribution in [3.05, 3.63) is 12.7 Å². The van der Waals surface area contributed by atoms with E-state index in [1.807, 2.05) is 13.8 Å². The molecule has 10 nitrogen and oxygen atoms in total. The zero-order chi connectivity index (χ0) is 27.7. The highest BCUT2D eigenvalue weighted by molar-refractivity contribution is 6.38. The number of alkyl carbamates (subject to hydrolysis) is 1. The normalized spacial score (nSPS) is 23.2. The van der Waals surface area contributed by atoms with Crippen LogP contribution in [0, 0.1) is 11.8 Å². The molecular formula is C28H44N4O6. The molecule has 4 atom stereocenters. The number of Topliss-reactive ketones (excluding diaryl/α,β-unsaturated/α-hetero) is 1. The molecule has 0 aromatic carbocycles. The lowest BCUT2D eigenvalue weighted by Gasteiger charge is -2.36. The molecule has 3 rings (SSSR count).